The first-order chi connectivity index (χ1) is 9.17. The third kappa shape index (κ3) is 6.28. The van der Waals surface area contributed by atoms with E-state index >= 15 is 0 Å². The van der Waals surface area contributed by atoms with Crippen LogP contribution in [0.2, 0.25) is 0 Å². The Labute approximate surface area is 129 Å². The van der Waals surface area contributed by atoms with Crippen LogP contribution in [0, 0.1) is 6.92 Å². The number of anilines is 1. The van der Waals surface area contributed by atoms with Gasteiger partial charge in [-0.15, -0.1) is 0 Å². The lowest BCUT2D eigenvalue weighted by molar-refractivity contribution is 0.0526. The van der Waals surface area contributed by atoms with Crippen molar-refractivity contribution >= 4 is 27.7 Å². The van der Waals surface area contributed by atoms with Crippen molar-refractivity contribution < 1.29 is 9.53 Å². The van der Waals surface area contributed by atoms with E-state index in [9.17, 15) is 4.79 Å². The monoisotopic (exact) mass is 342 g/mol. The molecule has 1 rings (SSSR count). The number of carbonyl (C=O) groups excluding carboxylic acids is 1. The number of hydrogen-bond donors (Lipinski definition) is 2. The Morgan fingerprint density at radius 2 is 2.05 bits per heavy atom. The Bertz CT molecular complexity index is 469. The summed E-state index contributed by atoms with van der Waals surface area (Å²) < 4.78 is 6.21. The number of halogens is 1. The van der Waals surface area contributed by atoms with Crippen molar-refractivity contribution in [3.8, 4) is 0 Å². The molecular formula is C15H23BrN2O2. The van der Waals surface area contributed by atoms with Crippen LogP contribution < -0.4 is 10.6 Å². The molecule has 0 spiro atoms. The molecule has 0 saturated carbocycles. The molecule has 4 nitrogen and oxygen atoms in total. The second-order valence-corrected chi connectivity index (χ2v) is 6.77. The maximum absolute atomic E-state index is 11.6. The molecule has 5 heteroatoms. The molecule has 0 radical (unpaired) electrons. The number of hydrogen-bond acceptors (Lipinski definition) is 3. The first-order valence-electron chi connectivity index (χ1n) is 6.67. The van der Waals surface area contributed by atoms with Crippen LogP contribution in [-0.4, -0.2) is 24.3 Å². The normalized spacial score (nSPS) is 12.7. The van der Waals surface area contributed by atoms with E-state index in [0.29, 0.717) is 6.54 Å². The summed E-state index contributed by atoms with van der Waals surface area (Å²) in [6.07, 6.45) is -0.394. The van der Waals surface area contributed by atoms with Crippen molar-refractivity contribution in [2.24, 2.45) is 0 Å². The minimum absolute atomic E-state index is 0.0986. The molecule has 1 atom stereocenters. The van der Waals surface area contributed by atoms with Crippen molar-refractivity contribution in [3.05, 3.63) is 28.2 Å². The van der Waals surface area contributed by atoms with E-state index in [1.165, 1.54) is 5.56 Å². The Morgan fingerprint density at radius 3 is 2.60 bits per heavy atom. The molecule has 20 heavy (non-hydrogen) atoms. The second-order valence-electron chi connectivity index (χ2n) is 5.91. The number of aryl methyl sites for hydroxylation is 1. The van der Waals surface area contributed by atoms with E-state index in [2.05, 4.69) is 32.6 Å². The maximum Gasteiger partial charge on any atom is 0.407 e. The van der Waals surface area contributed by atoms with Gasteiger partial charge in [-0.3, -0.25) is 0 Å². The molecular weight excluding hydrogens is 320 g/mol. The molecule has 0 heterocycles. The first kappa shape index (κ1) is 16.8. The van der Waals surface area contributed by atoms with Gasteiger partial charge in [-0.25, -0.2) is 4.79 Å². The highest BCUT2D eigenvalue weighted by Gasteiger charge is 2.16. The first-order valence-corrected chi connectivity index (χ1v) is 7.46. The summed E-state index contributed by atoms with van der Waals surface area (Å²) in [4.78, 5) is 11.6. The van der Waals surface area contributed by atoms with Crippen LogP contribution in [0.5, 0.6) is 0 Å². The van der Waals surface area contributed by atoms with Gasteiger partial charge in [0.25, 0.3) is 0 Å². The van der Waals surface area contributed by atoms with Gasteiger partial charge >= 0.3 is 6.09 Å². The van der Waals surface area contributed by atoms with Gasteiger partial charge < -0.3 is 15.4 Å². The molecule has 0 aliphatic rings. The Morgan fingerprint density at radius 1 is 1.40 bits per heavy atom. The summed E-state index contributed by atoms with van der Waals surface area (Å²) in [5, 5.41) is 6.09. The molecule has 112 valence electrons. The Kier molecular flexibility index (Phi) is 5.87. The van der Waals surface area contributed by atoms with Gasteiger partial charge in [-0.2, -0.15) is 0 Å². The van der Waals surface area contributed by atoms with Gasteiger partial charge in [0.2, 0.25) is 0 Å². The molecule has 0 aromatic heterocycles. The van der Waals surface area contributed by atoms with E-state index in [-0.39, 0.29) is 6.04 Å². The Hall–Kier alpha value is -1.23. The average Bonchev–Trinajstić information content (AvgIpc) is 2.28. The van der Waals surface area contributed by atoms with Gasteiger partial charge in [-0.05, 0) is 68.2 Å². The van der Waals surface area contributed by atoms with Crippen molar-refractivity contribution in [1.82, 2.24) is 5.32 Å². The molecule has 0 aliphatic carbocycles. The van der Waals surface area contributed by atoms with Gasteiger partial charge in [0.05, 0.1) is 0 Å². The predicted octanol–water partition coefficient (Wildman–Crippen LogP) is 4.08. The molecule has 1 aromatic rings. The molecule has 1 aromatic carbocycles. The van der Waals surface area contributed by atoms with E-state index in [4.69, 9.17) is 4.74 Å². The van der Waals surface area contributed by atoms with Crippen LogP contribution in [0.15, 0.2) is 22.7 Å². The second kappa shape index (κ2) is 6.97. The number of amides is 1. The summed E-state index contributed by atoms with van der Waals surface area (Å²) >= 11 is 3.52. The lowest BCUT2D eigenvalue weighted by atomic mass is 10.2. The van der Waals surface area contributed by atoms with Gasteiger partial charge in [0, 0.05) is 22.7 Å². The van der Waals surface area contributed by atoms with E-state index in [0.717, 1.165) is 10.2 Å². The van der Waals surface area contributed by atoms with Crippen LogP contribution in [0.3, 0.4) is 0 Å². The number of carbonyl (C=O) groups is 1. The van der Waals surface area contributed by atoms with Crippen LogP contribution >= 0.6 is 15.9 Å². The van der Waals surface area contributed by atoms with Crippen LogP contribution in [0.1, 0.15) is 33.3 Å². The summed E-state index contributed by atoms with van der Waals surface area (Å²) in [6, 6.07) is 6.21. The third-order valence-corrected chi connectivity index (χ3v) is 3.13. The maximum atomic E-state index is 11.6. The molecule has 0 aliphatic heterocycles. The zero-order chi connectivity index (χ0) is 15.3. The fourth-order valence-electron chi connectivity index (χ4n) is 1.60. The number of alkyl carbamates (subject to hydrolysis) is 1. The summed E-state index contributed by atoms with van der Waals surface area (Å²) in [6.45, 7) is 10.1. The topological polar surface area (TPSA) is 50.4 Å². The van der Waals surface area contributed by atoms with Crippen molar-refractivity contribution in [2.45, 2.75) is 46.3 Å². The summed E-state index contributed by atoms with van der Waals surface area (Å²) in [5.74, 6) is 0. The van der Waals surface area contributed by atoms with E-state index in [1.807, 2.05) is 46.8 Å². The molecule has 0 fully saturated rings. The molecule has 0 saturated heterocycles. The van der Waals surface area contributed by atoms with Crippen LogP contribution in [0.25, 0.3) is 0 Å². The lowest BCUT2D eigenvalue weighted by Crippen LogP contribution is -2.38. The van der Waals surface area contributed by atoms with E-state index < -0.39 is 11.7 Å². The molecule has 1 amide bonds. The summed E-state index contributed by atoms with van der Waals surface area (Å²) in [5.41, 5.74) is 1.73. The van der Waals surface area contributed by atoms with Crippen LogP contribution in [0.4, 0.5) is 10.5 Å². The fraction of sp³-hybridized carbons (Fsp3) is 0.533. The SMILES string of the molecule is Cc1ccc(NC(C)CNC(=O)OC(C)(C)C)c(Br)c1. The number of nitrogens with one attached hydrogen (secondary N) is 2. The Balaban J connectivity index is 2.44. The minimum atomic E-state index is -0.471. The molecule has 1 unspecified atom stereocenters. The fourth-order valence-corrected chi connectivity index (χ4v) is 2.21. The van der Waals surface area contributed by atoms with Gasteiger partial charge in [0.15, 0.2) is 0 Å². The van der Waals surface area contributed by atoms with Gasteiger partial charge in [-0.1, -0.05) is 6.07 Å². The van der Waals surface area contributed by atoms with Crippen molar-refractivity contribution in [2.75, 3.05) is 11.9 Å². The molecule has 0 bridgehead atoms. The zero-order valence-corrected chi connectivity index (χ0v) is 14.3. The van der Waals surface area contributed by atoms with E-state index in [1.54, 1.807) is 0 Å². The smallest absolute Gasteiger partial charge is 0.407 e. The highest BCUT2D eigenvalue weighted by molar-refractivity contribution is 9.10. The number of ether oxygens (including phenoxy) is 1. The van der Waals surface area contributed by atoms with Crippen molar-refractivity contribution in [3.63, 3.8) is 0 Å². The largest absolute Gasteiger partial charge is 0.444 e. The third-order valence-electron chi connectivity index (χ3n) is 2.48. The minimum Gasteiger partial charge on any atom is -0.444 e. The highest BCUT2D eigenvalue weighted by atomic mass is 79.9. The average molecular weight is 343 g/mol. The number of benzene rings is 1. The standard InChI is InChI=1S/C15H23BrN2O2/c1-10-6-7-13(12(16)8-10)18-11(2)9-17-14(19)20-15(3,4)5/h6-8,11,18H,9H2,1-5H3,(H,17,19). The number of rotatable bonds is 4. The zero-order valence-electron chi connectivity index (χ0n) is 12.7. The quantitative estimate of drug-likeness (QED) is 0.866. The summed E-state index contributed by atoms with van der Waals surface area (Å²) in [7, 11) is 0. The lowest BCUT2D eigenvalue weighted by Gasteiger charge is -2.21. The van der Waals surface area contributed by atoms with Crippen LogP contribution in [-0.2, 0) is 4.74 Å². The van der Waals surface area contributed by atoms with Gasteiger partial charge in [0.1, 0.15) is 5.60 Å². The predicted molar refractivity (Wildman–Crippen MR) is 86.2 cm³/mol. The van der Waals surface area contributed by atoms with Crippen molar-refractivity contribution in [1.29, 1.82) is 0 Å². The molecule has 2 N–H and O–H groups in total. The highest BCUT2D eigenvalue weighted by Crippen LogP contribution is 2.23.